The first-order chi connectivity index (χ1) is 9.31. The molecule has 0 amide bonds. The summed E-state index contributed by atoms with van der Waals surface area (Å²) in [6.07, 6.45) is 2.50. The van der Waals surface area contributed by atoms with Crippen molar-refractivity contribution in [1.29, 1.82) is 0 Å². The van der Waals surface area contributed by atoms with E-state index in [0.29, 0.717) is 6.04 Å². The van der Waals surface area contributed by atoms with E-state index in [9.17, 15) is 0 Å². The SMILES string of the molecule is Cc1ccc(Oc2ccc(C3CCCN3)cc2)cc1. The molecule has 0 aliphatic carbocycles. The zero-order chi connectivity index (χ0) is 13.1. The van der Waals surface area contributed by atoms with E-state index in [1.165, 1.54) is 24.0 Å². The Morgan fingerprint density at radius 1 is 0.947 bits per heavy atom. The Hall–Kier alpha value is -1.80. The first kappa shape index (κ1) is 12.2. The number of hydrogen-bond acceptors (Lipinski definition) is 2. The van der Waals surface area contributed by atoms with Crippen LogP contribution in [0.3, 0.4) is 0 Å². The fraction of sp³-hybridized carbons (Fsp3) is 0.294. The maximum Gasteiger partial charge on any atom is 0.127 e. The fourth-order valence-corrected chi connectivity index (χ4v) is 2.48. The van der Waals surface area contributed by atoms with Gasteiger partial charge in [-0.15, -0.1) is 0 Å². The number of nitrogens with one attached hydrogen (secondary N) is 1. The summed E-state index contributed by atoms with van der Waals surface area (Å²) in [6, 6.07) is 17.1. The van der Waals surface area contributed by atoms with Crippen LogP contribution in [0.4, 0.5) is 0 Å². The zero-order valence-electron chi connectivity index (χ0n) is 11.2. The quantitative estimate of drug-likeness (QED) is 0.884. The summed E-state index contributed by atoms with van der Waals surface area (Å²) in [7, 11) is 0. The third-order valence-corrected chi connectivity index (χ3v) is 3.60. The van der Waals surface area contributed by atoms with E-state index in [1.807, 2.05) is 12.1 Å². The van der Waals surface area contributed by atoms with E-state index in [0.717, 1.165) is 18.0 Å². The number of ether oxygens (including phenoxy) is 1. The molecule has 3 rings (SSSR count). The molecule has 0 spiro atoms. The molecule has 2 aromatic carbocycles. The maximum absolute atomic E-state index is 5.83. The van der Waals surface area contributed by atoms with Gasteiger partial charge >= 0.3 is 0 Å². The van der Waals surface area contributed by atoms with Crippen molar-refractivity contribution >= 4 is 0 Å². The molecule has 0 saturated carbocycles. The molecule has 1 fully saturated rings. The predicted molar refractivity (Wildman–Crippen MR) is 77.7 cm³/mol. The van der Waals surface area contributed by atoms with Crippen molar-refractivity contribution < 1.29 is 4.74 Å². The van der Waals surface area contributed by atoms with Crippen LogP contribution < -0.4 is 10.1 Å². The third kappa shape index (κ3) is 2.96. The van der Waals surface area contributed by atoms with E-state index in [1.54, 1.807) is 0 Å². The Balaban J connectivity index is 1.70. The molecule has 2 aromatic rings. The lowest BCUT2D eigenvalue weighted by Crippen LogP contribution is -2.12. The molecule has 2 nitrogen and oxygen atoms in total. The van der Waals surface area contributed by atoms with Crippen molar-refractivity contribution in [2.24, 2.45) is 0 Å². The standard InChI is InChI=1S/C17H19NO/c1-13-4-8-15(9-5-13)19-16-10-6-14(7-11-16)17-3-2-12-18-17/h4-11,17-18H,2-3,12H2,1H3. The van der Waals surface area contributed by atoms with Crippen LogP contribution in [-0.2, 0) is 0 Å². The molecule has 1 aliphatic rings. The van der Waals surface area contributed by atoms with Gasteiger partial charge in [0.1, 0.15) is 11.5 Å². The fourth-order valence-electron chi connectivity index (χ4n) is 2.48. The second-order valence-electron chi connectivity index (χ2n) is 5.13. The zero-order valence-corrected chi connectivity index (χ0v) is 11.2. The first-order valence-electron chi connectivity index (χ1n) is 6.89. The first-order valence-corrected chi connectivity index (χ1v) is 6.89. The minimum absolute atomic E-state index is 0.522. The van der Waals surface area contributed by atoms with Gasteiger partial charge in [0.2, 0.25) is 0 Å². The van der Waals surface area contributed by atoms with Gasteiger partial charge in [0.25, 0.3) is 0 Å². The highest BCUT2D eigenvalue weighted by Crippen LogP contribution is 2.27. The molecule has 0 bridgehead atoms. The molecule has 1 heterocycles. The lowest BCUT2D eigenvalue weighted by Gasteiger charge is -2.11. The van der Waals surface area contributed by atoms with Crippen molar-refractivity contribution in [2.75, 3.05) is 6.54 Å². The van der Waals surface area contributed by atoms with Gasteiger partial charge in [-0.2, -0.15) is 0 Å². The summed E-state index contributed by atoms with van der Waals surface area (Å²) >= 11 is 0. The number of rotatable bonds is 3. The van der Waals surface area contributed by atoms with Gasteiger partial charge in [-0.1, -0.05) is 29.8 Å². The van der Waals surface area contributed by atoms with Crippen LogP contribution in [-0.4, -0.2) is 6.54 Å². The largest absolute Gasteiger partial charge is 0.457 e. The minimum Gasteiger partial charge on any atom is -0.457 e. The smallest absolute Gasteiger partial charge is 0.127 e. The summed E-state index contributed by atoms with van der Waals surface area (Å²) < 4.78 is 5.83. The summed E-state index contributed by atoms with van der Waals surface area (Å²) in [5.74, 6) is 1.78. The van der Waals surface area contributed by atoms with Crippen molar-refractivity contribution in [2.45, 2.75) is 25.8 Å². The molecule has 19 heavy (non-hydrogen) atoms. The third-order valence-electron chi connectivity index (χ3n) is 3.60. The van der Waals surface area contributed by atoms with Gasteiger partial charge in [-0.05, 0) is 56.1 Å². The summed E-state index contributed by atoms with van der Waals surface area (Å²) in [5, 5.41) is 3.51. The Kier molecular flexibility index (Phi) is 3.51. The highest BCUT2D eigenvalue weighted by atomic mass is 16.5. The minimum atomic E-state index is 0.522. The second-order valence-corrected chi connectivity index (χ2v) is 5.13. The van der Waals surface area contributed by atoms with Crippen LogP contribution in [0.2, 0.25) is 0 Å². The maximum atomic E-state index is 5.83. The topological polar surface area (TPSA) is 21.3 Å². The molecule has 1 unspecified atom stereocenters. The average molecular weight is 253 g/mol. The van der Waals surface area contributed by atoms with Crippen LogP contribution in [0, 0.1) is 6.92 Å². The second kappa shape index (κ2) is 5.45. The summed E-state index contributed by atoms with van der Waals surface area (Å²) in [5.41, 5.74) is 2.60. The molecule has 1 N–H and O–H groups in total. The van der Waals surface area contributed by atoms with Crippen molar-refractivity contribution in [1.82, 2.24) is 5.32 Å². The summed E-state index contributed by atoms with van der Waals surface area (Å²) in [6.45, 7) is 3.21. The number of aryl methyl sites for hydroxylation is 1. The Labute approximate surface area is 114 Å². The van der Waals surface area contributed by atoms with Crippen molar-refractivity contribution in [3.63, 3.8) is 0 Å². The Morgan fingerprint density at radius 3 is 2.16 bits per heavy atom. The molecule has 0 aromatic heterocycles. The lowest BCUT2D eigenvalue weighted by molar-refractivity contribution is 0.482. The van der Waals surface area contributed by atoms with Gasteiger partial charge < -0.3 is 10.1 Å². The monoisotopic (exact) mass is 253 g/mol. The van der Waals surface area contributed by atoms with Crippen LogP contribution >= 0.6 is 0 Å². The van der Waals surface area contributed by atoms with E-state index in [4.69, 9.17) is 4.74 Å². The molecule has 1 aliphatic heterocycles. The van der Waals surface area contributed by atoms with Gasteiger partial charge in [0.15, 0.2) is 0 Å². The number of benzene rings is 2. The predicted octanol–water partition coefficient (Wildman–Crippen LogP) is 4.21. The molecule has 1 atom stereocenters. The summed E-state index contributed by atoms with van der Waals surface area (Å²) in [4.78, 5) is 0. The van der Waals surface area contributed by atoms with E-state index in [-0.39, 0.29) is 0 Å². The van der Waals surface area contributed by atoms with Crippen molar-refractivity contribution in [3.05, 3.63) is 59.7 Å². The van der Waals surface area contributed by atoms with Gasteiger partial charge in [0.05, 0.1) is 0 Å². The van der Waals surface area contributed by atoms with Gasteiger partial charge in [0, 0.05) is 6.04 Å². The molecular formula is C17H19NO. The highest BCUT2D eigenvalue weighted by molar-refractivity contribution is 5.35. The van der Waals surface area contributed by atoms with Gasteiger partial charge in [-0.3, -0.25) is 0 Å². The van der Waals surface area contributed by atoms with Crippen LogP contribution in [0.15, 0.2) is 48.5 Å². The molecule has 0 radical (unpaired) electrons. The van der Waals surface area contributed by atoms with Crippen molar-refractivity contribution in [3.8, 4) is 11.5 Å². The molecule has 2 heteroatoms. The molecular weight excluding hydrogens is 234 g/mol. The molecule has 98 valence electrons. The molecule has 1 saturated heterocycles. The average Bonchev–Trinajstić information content (AvgIpc) is 2.96. The normalized spacial score (nSPS) is 18.5. The Morgan fingerprint density at radius 2 is 1.58 bits per heavy atom. The van der Waals surface area contributed by atoms with Gasteiger partial charge in [-0.25, -0.2) is 0 Å². The van der Waals surface area contributed by atoms with E-state index in [2.05, 4.69) is 48.6 Å². The number of hydrogen-bond donors (Lipinski definition) is 1. The van der Waals surface area contributed by atoms with Crippen LogP contribution in [0.5, 0.6) is 11.5 Å². The van der Waals surface area contributed by atoms with E-state index >= 15 is 0 Å². The van der Waals surface area contributed by atoms with Crippen LogP contribution in [0.25, 0.3) is 0 Å². The van der Waals surface area contributed by atoms with Crippen LogP contribution in [0.1, 0.15) is 30.0 Å². The van der Waals surface area contributed by atoms with E-state index < -0.39 is 0 Å². The highest BCUT2D eigenvalue weighted by Gasteiger charge is 2.15. The Bertz CT molecular complexity index is 524. The lowest BCUT2D eigenvalue weighted by atomic mass is 10.1.